The molecule has 3 aromatic carbocycles. The lowest BCUT2D eigenvalue weighted by atomic mass is 10.0. The average molecular weight is 618 g/mol. The van der Waals surface area contributed by atoms with Crippen molar-refractivity contribution < 1.29 is 14.2 Å². The van der Waals surface area contributed by atoms with E-state index in [4.69, 9.17) is 19.3 Å². The smallest absolute Gasteiger partial charge is 0.291 e. The maximum Gasteiger partial charge on any atom is 0.291 e. The van der Waals surface area contributed by atoms with Gasteiger partial charge >= 0.3 is 0 Å². The van der Waals surface area contributed by atoms with Gasteiger partial charge < -0.3 is 14.2 Å². The number of ether oxygens (including phenoxy) is 3. The van der Waals surface area contributed by atoms with Gasteiger partial charge in [-0.2, -0.15) is 14.6 Å². The molecule has 0 fully saturated rings. The molecule has 0 aliphatic carbocycles. The molecule has 9 nitrogen and oxygen atoms in total. The van der Waals surface area contributed by atoms with Crippen molar-refractivity contribution in [3.05, 3.63) is 110 Å². The first kappa shape index (κ1) is 28.5. The molecule has 1 atom stereocenters. The van der Waals surface area contributed by atoms with E-state index in [2.05, 4.69) is 30.0 Å². The second-order valence-corrected chi connectivity index (χ2v) is 11.8. The fourth-order valence-corrected chi connectivity index (χ4v) is 6.26. The minimum Gasteiger partial charge on any atom is -0.493 e. The van der Waals surface area contributed by atoms with Crippen molar-refractivity contribution in [3.8, 4) is 34.2 Å². The quantitative estimate of drug-likeness (QED) is 0.201. The SMILES string of the molecule is CCCOc1ccc(/C=C/c2nc3s/c(=C\c4cn(-c5ccccc5)nc4-c4ccc5c(c4)CC(C)O5)c(=O)n3n2)cc1OC. The van der Waals surface area contributed by atoms with Crippen LogP contribution in [-0.2, 0) is 6.42 Å². The van der Waals surface area contributed by atoms with Crippen LogP contribution in [0.5, 0.6) is 17.2 Å². The van der Waals surface area contributed by atoms with Crippen molar-refractivity contribution in [3.63, 3.8) is 0 Å². The summed E-state index contributed by atoms with van der Waals surface area (Å²) in [5, 5.41) is 9.42. The number of para-hydroxylation sites is 1. The van der Waals surface area contributed by atoms with Crippen molar-refractivity contribution in [2.75, 3.05) is 13.7 Å². The molecule has 1 aliphatic heterocycles. The Balaban J connectivity index is 1.22. The third-order valence-corrected chi connectivity index (χ3v) is 8.45. The van der Waals surface area contributed by atoms with Gasteiger partial charge in [0.1, 0.15) is 17.5 Å². The molecule has 3 aromatic heterocycles. The van der Waals surface area contributed by atoms with Crippen LogP contribution < -0.4 is 24.3 Å². The molecular weight excluding hydrogens is 586 g/mol. The molecule has 0 saturated heterocycles. The topological polar surface area (TPSA) is 92.8 Å². The Kier molecular flexibility index (Phi) is 7.64. The van der Waals surface area contributed by atoms with Gasteiger partial charge in [0, 0.05) is 23.7 Å². The Morgan fingerprint density at radius 1 is 1.04 bits per heavy atom. The molecule has 0 bridgehead atoms. The van der Waals surface area contributed by atoms with Crippen LogP contribution >= 0.6 is 11.3 Å². The molecule has 4 heterocycles. The summed E-state index contributed by atoms with van der Waals surface area (Å²) in [5.74, 6) is 2.72. The van der Waals surface area contributed by atoms with Crippen LogP contribution in [0, 0.1) is 0 Å². The number of benzene rings is 3. The number of methoxy groups -OCH3 is 1. The van der Waals surface area contributed by atoms with E-state index in [1.54, 1.807) is 13.2 Å². The summed E-state index contributed by atoms with van der Waals surface area (Å²) in [5.41, 5.74) is 5.34. The summed E-state index contributed by atoms with van der Waals surface area (Å²) in [6.45, 7) is 4.75. The molecule has 0 radical (unpaired) electrons. The summed E-state index contributed by atoms with van der Waals surface area (Å²) in [4.78, 5) is 18.6. The minimum atomic E-state index is -0.226. The molecule has 1 aliphatic rings. The Morgan fingerprint density at radius 3 is 2.71 bits per heavy atom. The third-order valence-electron chi connectivity index (χ3n) is 7.49. The molecular formula is C35H31N5O4S. The van der Waals surface area contributed by atoms with Gasteiger partial charge in [-0.3, -0.25) is 4.79 Å². The maximum absolute atomic E-state index is 13.5. The van der Waals surface area contributed by atoms with Gasteiger partial charge in [-0.25, -0.2) is 4.68 Å². The highest BCUT2D eigenvalue weighted by molar-refractivity contribution is 7.15. The molecule has 10 heteroatoms. The summed E-state index contributed by atoms with van der Waals surface area (Å²) < 4.78 is 20.9. The van der Waals surface area contributed by atoms with Crippen molar-refractivity contribution in [2.45, 2.75) is 32.8 Å². The van der Waals surface area contributed by atoms with Crippen LogP contribution in [0.4, 0.5) is 0 Å². The van der Waals surface area contributed by atoms with Crippen LogP contribution in [0.1, 0.15) is 42.8 Å². The lowest BCUT2D eigenvalue weighted by Crippen LogP contribution is -2.23. The van der Waals surface area contributed by atoms with Crippen molar-refractivity contribution in [2.24, 2.45) is 0 Å². The van der Waals surface area contributed by atoms with E-state index in [-0.39, 0.29) is 11.7 Å². The highest BCUT2D eigenvalue weighted by Gasteiger charge is 2.21. The zero-order valence-electron chi connectivity index (χ0n) is 25.1. The summed E-state index contributed by atoms with van der Waals surface area (Å²) >= 11 is 1.30. The van der Waals surface area contributed by atoms with E-state index in [1.165, 1.54) is 15.9 Å². The van der Waals surface area contributed by atoms with Crippen molar-refractivity contribution in [1.82, 2.24) is 24.4 Å². The Bertz CT molecular complexity index is 2150. The molecule has 0 spiro atoms. The number of fused-ring (bicyclic) bond motifs is 2. The first-order valence-corrected chi connectivity index (χ1v) is 15.7. The van der Waals surface area contributed by atoms with E-state index in [1.807, 2.05) is 83.7 Å². The number of hydrogen-bond donors (Lipinski definition) is 0. The molecule has 6 aromatic rings. The summed E-state index contributed by atoms with van der Waals surface area (Å²) in [6, 6.07) is 21.8. The highest BCUT2D eigenvalue weighted by Crippen LogP contribution is 2.34. The van der Waals surface area contributed by atoms with Crippen molar-refractivity contribution in [1.29, 1.82) is 0 Å². The number of rotatable bonds is 9. The highest BCUT2D eigenvalue weighted by atomic mass is 32.1. The van der Waals surface area contributed by atoms with Gasteiger partial charge in [-0.1, -0.05) is 48.6 Å². The van der Waals surface area contributed by atoms with Gasteiger partial charge in [0.05, 0.1) is 23.9 Å². The van der Waals surface area contributed by atoms with Gasteiger partial charge in [0.2, 0.25) is 4.96 Å². The molecule has 45 heavy (non-hydrogen) atoms. The van der Waals surface area contributed by atoms with Gasteiger partial charge in [0.25, 0.3) is 5.56 Å². The first-order valence-electron chi connectivity index (χ1n) is 14.8. The zero-order chi connectivity index (χ0) is 30.9. The van der Waals surface area contributed by atoms with Gasteiger partial charge in [-0.05, 0) is 79.1 Å². The predicted molar refractivity (Wildman–Crippen MR) is 176 cm³/mol. The van der Waals surface area contributed by atoms with E-state index < -0.39 is 0 Å². The third kappa shape index (κ3) is 5.72. The summed E-state index contributed by atoms with van der Waals surface area (Å²) in [6.07, 6.45) is 9.41. The molecule has 1 unspecified atom stereocenters. The van der Waals surface area contributed by atoms with E-state index in [0.717, 1.165) is 52.2 Å². The second-order valence-electron chi connectivity index (χ2n) is 10.8. The number of nitrogens with zero attached hydrogens (tertiary/aromatic N) is 5. The Labute approximate surface area is 263 Å². The van der Waals surface area contributed by atoms with Crippen LogP contribution in [0.3, 0.4) is 0 Å². The normalized spacial score (nSPS) is 14.7. The lowest BCUT2D eigenvalue weighted by Gasteiger charge is -2.10. The maximum atomic E-state index is 13.5. The fourth-order valence-electron chi connectivity index (χ4n) is 5.35. The predicted octanol–water partition coefficient (Wildman–Crippen LogP) is 5.84. The number of thiazole rings is 1. The van der Waals surface area contributed by atoms with Crippen LogP contribution in [0.2, 0.25) is 0 Å². The second kappa shape index (κ2) is 12.0. The van der Waals surface area contributed by atoms with Gasteiger partial charge in [0.15, 0.2) is 17.3 Å². The standard InChI is InChI=1S/C35H31N5O4S/c1-4-16-43-29-13-10-23(18-30(29)42-3)11-15-32-36-35-40(37-32)34(41)31(45-35)20-26-21-39(27-8-6-5-7-9-27)38-33(26)24-12-14-28-25(19-24)17-22(2)44-28/h5-15,18-22H,4,16-17H2,1-3H3/b15-11+,31-20-. The summed E-state index contributed by atoms with van der Waals surface area (Å²) in [7, 11) is 1.62. The van der Waals surface area contributed by atoms with E-state index in [0.29, 0.717) is 33.4 Å². The van der Waals surface area contributed by atoms with E-state index >= 15 is 0 Å². The van der Waals surface area contributed by atoms with E-state index in [9.17, 15) is 4.79 Å². The zero-order valence-corrected chi connectivity index (χ0v) is 26.0. The molecule has 7 rings (SSSR count). The monoisotopic (exact) mass is 617 g/mol. The number of hydrogen-bond acceptors (Lipinski definition) is 8. The molecule has 0 saturated carbocycles. The fraction of sp³-hybridized carbons (Fsp3) is 0.200. The molecule has 226 valence electrons. The average Bonchev–Trinajstić information content (AvgIpc) is 3.83. The molecule has 0 amide bonds. The Morgan fingerprint density at radius 2 is 1.91 bits per heavy atom. The molecule has 0 N–H and O–H groups in total. The largest absolute Gasteiger partial charge is 0.493 e. The minimum absolute atomic E-state index is 0.147. The van der Waals surface area contributed by atoms with Crippen molar-refractivity contribution >= 4 is 34.5 Å². The Hall–Kier alpha value is -5.22. The van der Waals surface area contributed by atoms with Crippen LogP contribution in [0.15, 0.2) is 77.7 Å². The lowest BCUT2D eigenvalue weighted by molar-refractivity contribution is 0.254. The van der Waals surface area contributed by atoms with Crippen LogP contribution in [-0.4, -0.2) is 44.2 Å². The number of aromatic nitrogens is 5. The first-order chi connectivity index (χ1) is 22.0. The van der Waals surface area contributed by atoms with Gasteiger partial charge in [-0.15, -0.1) is 5.10 Å². The van der Waals surface area contributed by atoms with Crippen LogP contribution in [0.25, 0.3) is 40.1 Å².